The average Bonchev–Trinajstić information content (AvgIpc) is 2.85. The molecule has 7 heteroatoms. The molecular weight excluding hydrogens is 273 g/mol. The van der Waals surface area contributed by atoms with E-state index in [9.17, 15) is 18.0 Å². The fraction of sp³-hybridized carbons (Fsp3) is 0.385. The molecule has 2 atom stereocenters. The van der Waals surface area contributed by atoms with E-state index in [1.54, 1.807) is 12.2 Å². The lowest BCUT2D eigenvalue weighted by Crippen LogP contribution is -2.33. The van der Waals surface area contributed by atoms with Gasteiger partial charge in [-0.05, 0) is 18.6 Å². The molecule has 0 spiro atoms. The highest BCUT2D eigenvalue weighted by Gasteiger charge is 2.32. The summed E-state index contributed by atoms with van der Waals surface area (Å²) in [6.45, 7) is 0.00467. The first-order chi connectivity index (χ1) is 9.40. The summed E-state index contributed by atoms with van der Waals surface area (Å²) in [5.41, 5.74) is -0.964. The predicted octanol–water partition coefficient (Wildman–Crippen LogP) is 1.77. The number of alkyl halides is 3. The number of aliphatic hydroxyl groups is 1. The van der Waals surface area contributed by atoms with E-state index in [-0.39, 0.29) is 24.1 Å². The Balaban J connectivity index is 1.98. The van der Waals surface area contributed by atoms with Crippen molar-refractivity contribution < 1.29 is 23.1 Å². The van der Waals surface area contributed by atoms with Crippen molar-refractivity contribution >= 4 is 5.91 Å². The minimum Gasteiger partial charge on any atom is -0.396 e. The fourth-order valence-corrected chi connectivity index (χ4v) is 1.96. The minimum absolute atomic E-state index is 0.00467. The number of carbonyl (C=O) groups is 1. The van der Waals surface area contributed by atoms with Crippen LogP contribution >= 0.6 is 0 Å². The maximum atomic E-state index is 12.3. The number of hydrogen-bond acceptors (Lipinski definition) is 3. The normalized spacial score (nSPS) is 22.0. The van der Waals surface area contributed by atoms with E-state index in [1.165, 1.54) is 0 Å². The van der Waals surface area contributed by atoms with Crippen LogP contribution in [0.2, 0.25) is 0 Å². The number of carbonyl (C=O) groups excluding carboxylic acids is 1. The van der Waals surface area contributed by atoms with Gasteiger partial charge in [0.2, 0.25) is 0 Å². The smallest absolute Gasteiger partial charge is 0.396 e. The van der Waals surface area contributed by atoms with E-state index in [4.69, 9.17) is 5.11 Å². The summed E-state index contributed by atoms with van der Waals surface area (Å²) >= 11 is 0. The van der Waals surface area contributed by atoms with Crippen LogP contribution in [0.25, 0.3) is 0 Å². The Bertz CT molecular complexity index is 511. The topological polar surface area (TPSA) is 62.2 Å². The molecule has 108 valence electrons. The summed E-state index contributed by atoms with van der Waals surface area (Å²) in [4.78, 5) is 15.1. The van der Waals surface area contributed by atoms with Crippen LogP contribution < -0.4 is 5.32 Å². The van der Waals surface area contributed by atoms with E-state index < -0.39 is 17.8 Å². The maximum Gasteiger partial charge on any atom is 0.433 e. The van der Waals surface area contributed by atoms with Crippen LogP contribution in [0.1, 0.15) is 22.5 Å². The molecule has 0 aromatic carbocycles. The molecule has 1 aliphatic carbocycles. The second kappa shape index (κ2) is 5.62. The van der Waals surface area contributed by atoms with Crippen LogP contribution in [-0.4, -0.2) is 28.6 Å². The molecule has 0 aliphatic heterocycles. The predicted molar refractivity (Wildman–Crippen MR) is 64.8 cm³/mol. The zero-order chi connectivity index (χ0) is 14.8. The first kappa shape index (κ1) is 14.5. The van der Waals surface area contributed by atoms with Gasteiger partial charge in [0.15, 0.2) is 0 Å². The fourth-order valence-electron chi connectivity index (χ4n) is 1.96. The van der Waals surface area contributed by atoms with Crippen molar-refractivity contribution in [3.8, 4) is 0 Å². The van der Waals surface area contributed by atoms with Crippen LogP contribution in [0, 0.1) is 5.92 Å². The van der Waals surface area contributed by atoms with Crippen LogP contribution in [0.4, 0.5) is 13.2 Å². The summed E-state index contributed by atoms with van der Waals surface area (Å²) < 4.78 is 37.0. The summed E-state index contributed by atoms with van der Waals surface area (Å²) in [5.74, 6) is -0.481. The van der Waals surface area contributed by atoms with Gasteiger partial charge in [-0.2, -0.15) is 13.2 Å². The minimum atomic E-state index is -4.52. The lowest BCUT2D eigenvalue weighted by Gasteiger charge is -2.13. The van der Waals surface area contributed by atoms with E-state index in [0.717, 1.165) is 18.3 Å². The summed E-state index contributed by atoms with van der Waals surface area (Å²) in [5, 5.41) is 11.6. The molecule has 4 nitrogen and oxygen atoms in total. The van der Waals surface area contributed by atoms with Crippen LogP contribution in [0.3, 0.4) is 0 Å². The highest BCUT2D eigenvalue weighted by atomic mass is 19.4. The first-order valence-electron chi connectivity index (χ1n) is 6.03. The average molecular weight is 286 g/mol. The van der Waals surface area contributed by atoms with Crippen LogP contribution in [0.15, 0.2) is 30.5 Å². The molecule has 0 fully saturated rings. The van der Waals surface area contributed by atoms with Crippen molar-refractivity contribution in [2.24, 2.45) is 5.92 Å². The lowest BCUT2D eigenvalue weighted by molar-refractivity contribution is -0.141. The Labute approximate surface area is 113 Å². The number of pyridine rings is 1. The third kappa shape index (κ3) is 3.36. The van der Waals surface area contributed by atoms with Gasteiger partial charge in [0.25, 0.3) is 5.91 Å². The number of halogens is 3. The zero-order valence-electron chi connectivity index (χ0n) is 10.4. The molecule has 2 N–H and O–H groups in total. The van der Waals surface area contributed by atoms with Crippen LogP contribution in [0.5, 0.6) is 0 Å². The first-order valence-corrected chi connectivity index (χ1v) is 6.03. The largest absolute Gasteiger partial charge is 0.433 e. The van der Waals surface area contributed by atoms with Crippen molar-refractivity contribution in [3.05, 3.63) is 41.7 Å². The Hall–Kier alpha value is -1.89. The molecule has 1 heterocycles. The Morgan fingerprint density at radius 2 is 2.15 bits per heavy atom. The molecule has 1 aromatic heterocycles. The molecule has 2 rings (SSSR count). The summed E-state index contributed by atoms with van der Waals surface area (Å²) in [6, 6.07) is 1.64. The Morgan fingerprint density at radius 1 is 1.40 bits per heavy atom. The van der Waals surface area contributed by atoms with Gasteiger partial charge in [-0.15, -0.1) is 0 Å². The molecule has 20 heavy (non-hydrogen) atoms. The second-order valence-electron chi connectivity index (χ2n) is 4.57. The Morgan fingerprint density at radius 3 is 2.65 bits per heavy atom. The molecule has 0 unspecified atom stereocenters. The molecule has 0 saturated carbocycles. The third-order valence-corrected chi connectivity index (χ3v) is 3.04. The number of aliphatic hydroxyl groups excluding tert-OH is 1. The highest BCUT2D eigenvalue weighted by Crippen LogP contribution is 2.27. The van der Waals surface area contributed by atoms with Gasteiger partial charge in [-0.3, -0.25) is 9.78 Å². The second-order valence-corrected chi connectivity index (χ2v) is 4.57. The van der Waals surface area contributed by atoms with E-state index >= 15 is 0 Å². The molecule has 0 saturated heterocycles. The van der Waals surface area contributed by atoms with Crippen molar-refractivity contribution in [3.63, 3.8) is 0 Å². The van der Waals surface area contributed by atoms with Gasteiger partial charge in [0.1, 0.15) is 5.69 Å². The van der Waals surface area contributed by atoms with Gasteiger partial charge in [0, 0.05) is 24.8 Å². The number of rotatable bonds is 3. The van der Waals surface area contributed by atoms with Gasteiger partial charge in [-0.25, -0.2) is 0 Å². The monoisotopic (exact) mass is 286 g/mol. The molecular formula is C13H13F3N2O2. The Kier molecular flexibility index (Phi) is 4.08. The van der Waals surface area contributed by atoms with Gasteiger partial charge in [0.05, 0.1) is 5.56 Å². The number of nitrogens with one attached hydrogen (secondary N) is 1. The molecule has 0 radical (unpaired) electrons. The maximum absolute atomic E-state index is 12.3. The standard InChI is InChI=1S/C13H13F3N2O2/c14-13(15,16)11-4-2-9(6-17-11)12(20)18-10-3-1-8(5-10)7-19/h1-4,6,8,10,19H,5,7H2,(H,18,20)/t8-,10+/m0/s1. The zero-order valence-corrected chi connectivity index (χ0v) is 10.4. The molecule has 0 bridgehead atoms. The van der Waals surface area contributed by atoms with Crippen molar-refractivity contribution in [1.82, 2.24) is 10.3 Å². The van der Waals surface area contributed by atoms with Crippen LogP contribution in [-0.2, 0) is 6.18 Å². The van der Waals surface area contributed by atoms with Crippen molar-refractivity contribution in [2.45, 2.75) is 18.6 Å². The number of aromatic nitrogens is 1. The van der Waals surface area contributed by atoms with Crippen molar-refractivity contribution in [1.29, 1.82) is 0 Å². The highest BCUT2D eigenvalue weighted by molar-refractivity contribution is 5.94. The van der Waals surface area contributed by atoms with E-state index in [0.29, 0.717) is 6.42 Å². The molecule has 1 aromatic rings. The molecule has 1 aliphatic rings. The van der Waals surface area contributed by atoms with Gasteiger partial charge >= 0.3 is 6.18 Å². The number of amides is 1. The van der Waals surface area contributed by atoms with Gasteiger partial charge < -0.3 is 10.4 Å². The van der Waals surface area contributed by atoms with E-state index in [1.807, 2.05) is 0 Å². The van der Waals surface area contributed by atoms with Crippen molar-refractivity contribution in [2.75, 3.05) is 6.61 Å². The SMILES string of the molecule is O=C(N[C@@H]1C=C[C@H](CO)C1)c1ccc(C(F)(F)F)nc1. The number of nitrogens with zero attached hydrogens (tertiary/aromatic N) is 1. The van der Waals surface area contributed by atoms with Gasteiger partial charge in [-0.1, -0.05) is 12.2 Å². The quantitative estimate of drug-likeness (QED) is 0.832. The molecule has 1 amide bonds. The third-order valence-electron chi connectivity index (χ3n) is 3.04. The summed E-state index contributed by atoms with van der Waals surface area (Å²) in [6.07, 6.45) is 0.528. The number of hydrogen-bond donors (Lipinski definition) is 2. The summed E-state index contributed by atoms with van der Waals surface area (Å²) in [7, 11) is 0. The lowest BCUT2D eigenvalue weighted by atomic mass is 10.1. The van der Waals surface area contributed by atoms with E-state index in [2.05, 4.69) is 10.3 Å².